The van der Waals surface area contributed by atoms with E-state index in [1.807, 2.05) is 46.8 Å². The van der Waals surface area contributed by atoms with Crippen LogP contribution < -0.4 is 5.32 Å². The maximum absolute atomic E-state index is 12.3. The van der Waals surface area contributed by atoms with Crippen LogP contribution in [0.1, 0.15) is 45.6 Å². The van der Waals surface area contributed by atoms with Crippen LogP contribution in [0.15, 0.2) is 22.6 Å². The number of ether oxygens (including phenoxy) is 1. The van der Waals surface area contributed by atoms with Crippen molar-refractivity contribution in [1.29, 1.82) is 0 Å². The normalized spacial score (nSPS) is 21.4. The molecule has 1 saturated heterocycles. The van der Waals surface area contributed by atoms with Gasteiger partial charge in [0.25, 0.3) is 0 Å². The molecular formula is C19H28N2O4. The molecule has 1 N–H and O–H groups in total. The zero-order valence-corrected chi connectivity index (χ0v) is 15.7. The van der Waals surface area contributed by atoms with E-state index in [0.717, 1.165) is 5.76 Å². The number of hydrogen-bond donors (Lipinski definition) is 1. The molecule has 0 aliphatic carbocycles. The van der Waals surface area contributed by atoms with E-state index in [9.17, 15) is 9.59 Å². The Labute approximate surface area is 149 Å². The molecule has 1 aliphatic rings. The van der Waals surface area contributed by atoms with Crippen molar-refractivity contribution in [2.75, 3.05) is 13.1 Å². The fourth-order valence-corrected chi connectivity index (χ4v) is 2.82. The van der Waals surface area contributed by atoms with Crippen LogP contribution in [0.2, 0.25) is 0 Å². The Kier molecular flexibility index (Phi) is 5.93. The van der Waals surface area contributed by atoms with E-state index in [1.165, 1.54) is 6.08 Å². The third kappa shape index (κ3) is 5.96. The fraction of sp³-hybridized carbons (Fsp3) is 0.579. The lowest BCUT2D eigenvalue weighted by atomic mass is 9.94. The SMILES string of the molecule is Cc1ccc(C=CC(=O)N2CCC(NC(=O)OC(C)(C)C)C(C)C2)o1. The highest BCUT2D eigenvalue weighted by molar-refractivity contribution is 5.91. The summed E-state index contributed by atoms with van der Waals surface area (Å²) >= 11 is 0. The lowest BCUT2D eigenvalue weighted by Crippen LogP contribution is -2.52. The van der Waals surface area contributed by atoms with E-state index in [0.29, 0.717) is 25.3 Å². The molecule has 0 bridgehead atoms. The lowest BCUT2D eigenvalue weighted by Gasteiger charge is -2.37. The van der Waals surface area contributed by atoms with Gasteiger partial charge in [0.15, 0.2) is 0 Å². The number of aryl methyl sites for hydroxylation is 1. The number of likely N-dealkylation sites (tertiary alicyclic amines) is 1. The number of rotatable bonds is 3. The molecule has 0 aromatic carbocycles. The summed E-state index contributed by atoms with van der Waals surface area (Å²) in [4.78, 5) is 26.0. The molecule has 138 valence electrons. The average molecular weight is 348 g/mol. The van der Waals surface area contributed by atoms with E-state index in [4.69, 9.17) is 9.15 Å². The molecule has 2 amide bonds. The number of alkyl carbamates (subject to hydrolysis) is 1. The highest BCUT2D eigenvalue weighted by atomic mass is 16.6. The van der Waals surface area contributed by atoms with Crippen LogP contribution in [0.25, 0.3) is 6.08 Å². The smallest absolute Gasteiger partial charge is 0.407 e. The van der Waals surface area contributed by atoms with Crippen LogP contribution in [-0.2, 0) is 9.53 Å². The van der Waals surface area contributed by atoms with E-state index in [-0.39, 0.29) is 17.9 Å². The van der Waals surface area contributed by atoms with E-state index >= 15 is 0 Å². The van der Waals surface area contributed by atoms with Crippen LogP contribution in [0.3, 0.4) is 0 Å². The minimum absolute atomic E-state index is 0.00982. The van der Waals surface area contributed by atoms with Gasteiger partial charge in [0.05, 0.1) is 0 Å². The number of furan rings is 1. The molecule has 2 atom stereocenters. The summed E-state index contributed by atoms with van der Waals surface area (Å²) in [5.74, 6) is 1.59. The number of piperidine rings is 1. The molecular weight excluding hydrogens is 320 g/mol. The van der Waals surface area contributed by atoms with E-state index in [1.54, 1.807) is 11.0 Å². The second-order valence-corrected chi connectivity index (χ2v) is 7.58. The minimum Gasteiger partial charge on any atom is -0.462 e. The molecule has 1 aliphatic heterocycles. The molecule has 0 radical (unpaired) electrons. The van der Waals surface area contributed by atoms with Gasteiger partial charge in [-0.15, -0.1) is 0 Å². The summed E-state index contributed by atoms with van der Waals surface area (Å²) in [7, 11) is 0. The summed E-state index contributed by atoms with van der Waals surface area (Å²) < 4.78 is 10.7. The Morgan fingerprint density at radius 3 is 2.64 bits per heavy atom. The first kappa shape index (κ1) is 19.1. The Morgan fingerprint density at radius 2 is 2.08 bits per heavy atom. The monoisotopic (exact) mass is 348 g/mol. The number of carbonyl (C=O) groups excluding carboxylic acids is 2. The molecule has 2 unspecified atom stereocenters. The van der Waals surface area contributed by atoms with Crippen molar-refractivity contribution in [1.82, 2.24) is 10.2 Å². The first-order valence-corrected chi connectivity index (χ1v) is 8.67. The highest BCUT2D eigenvalue weighted by Crippen LogP contribution is 2.18. The number of hydrogen-bond acceptors (Lipinski definition) is 4. The average Bonchev–Trinajstić information content (AvgIpc) is 2.90. The summed E-state index contributed by atoms with van der Waals surface area (Å²) in [6, 6.07) is 3.70. The van der Waals surface area contributed by atoms with Gasteiger partial charge in [-0.3, -0.25) is 4.79 Å². The van der Waals surface area contributed by atoms with Gasteiger partial charge in [-0.1, -0.05) is 6.92 Å². The molecule has 6 heteroatoms. The minimum atomic E-state index is -0.515. The van der Waals surface area contributed by atoms with Crippen LogP contribution in [0.5, 0.6) is 0 Å². The first-order chi connectivity index (χ1) is 11.6. The summed E-state index contributed by atoms with van der Waals surface area (Å²) in [6.45, 7) is 10.6. The molecule has 1 aromatic rings. The quantitative estimate of drug-likeness (QED) is 0.850. The molecule has 2 rings (SSSR count). The third-order valence-electron chi connectivity index (χ3n) is 4.07. The van der Waals surface area contributed by atoms with Crippen molar-refractivity contribution in [3.63, 3.8) is 0 Å². The van der Waals surface area contributed by atoms with Crippen LogP contribution in [-0.4, -0.2) is 41.6 Å². The second-order valence-electron chi connectivity index (χ2n) is 7.58. The Balaban J connectivity index is 1.85. The standard InChI is InChI=1S/C19H28N2O4/c1-13-12-21(17(22)9-8-15-7-6-14(2)24-15)11-10-16(13)20-18(23)25-19(3,4)5/h6-9,13,16H,10-12H2,1-5H3,(H,20,23). The lowest BCUT2D eigenvalue weighted by molar-refractivity contribution is -0.127. The number of nitrogens with zero attached hydrogens (tertiary/aromatic N) is 1. The van der Waals surface area contributed by atoms with Crippen LogP contribution in [0.4, 0.5) is 4.79 Å². The van der Waals surface area contributed by atoms with Gasteiger partial charge < -0.3 is 19.4 Å². The first-order valence-electron chi connectivity index (χ1n) is 8.67. The van der Waals surface area contributed by atoms with Gasteiger partial charge in [-0.2, -0.15) is 0 Å². The second kappa shape index (κ2) is 7.76. The maximum Gasteiger partial charge on any atom is 0.407 e. The van der Waals surface area contributed by atoms with Crippen molar-refractivity contribution >= 4 is 18.1 Å². The zero-order valence-electron chi connectivity index (χ0n) is 15.7. The molecule has 25 heavy (non-hydrogen) atoms. The Bertz CT molecular complexity index is 642. The predicted molar refractivity (Wildman–Crippen MR) is 96.0 cm³/mol. The third-order valence-corrected chi connectivity index (χ3v) is 4.07. The van der Waals surface area contributed by atoms with Crippen LogP contribution in [0, 0.1) is 12.8 Å². The summed E-state index contributed by atoms with van der Waals surface area (Å²) in [5.41, 5.74) is -0.515. The van der Waals surface area contributed by atoms with E-state index in [2.05, 4.69) is 5.32 Å². The van der Waals surface area contributed by atoms with Crippen LogP contribution >= 0.6 is 0 Å². The number of nitrogens with one attached hydrogen (secondary N) is 1. The van der Waals surface area contributed by atoms with Gasteiger partial charge in [0, 0.05) is 25.2 Å². The number of carbonyl (C=O) groups is 2. The molecule has 2 heterocycles. The Morgan fingerprint density at radius 1 is 1.36 bits per heavy atom. The summed E-state index contributed by atoms with van der Waals surface area (Å²) in [5, 5.41) is 2.91. The van der Waals surface area contributed by atoms with Crippen molar-refractivity contribution in [2.45, 2.75) is 52.7 Å². The molecule has 6 nitrogen and oxygen atoms in total. The predicted octanol–water partition coefficient (Wildman–Crippen LogP) is 3.36. The molecule has 0 spiro atoms. The van der Waals surface area contributed by atoms with Crippen molar-refractivity contribution in [2.24, 2.45) is 5.92 Å². The van der Waals surface area contributed by atoms with Gasteiger partial charge in [-0.25, -0.2) is 4.79 Å². The topological polar surface area (TPSA) is 71.8 Å². The number of amides is 2. The molecule has 0 saturated carbocycles. The van der Waals surface area contributed by atoms with E-state index < -0.39 is 11.7 Å². The fourth-order valence-electron chi connectivity index (χ4n) is 2.82. The van der Waals surface area contributed by atoms with Gasteiger partial charge in [0.1, 0.15) is 17.1 Å². The maximum atomic E-state index is 12.3. The van der Waals surface area contributed by atoms with Gasteiger partial charge in [0.2, 0.25) is 5.91 Å². The van der Waals surface area contributed by atoms with Crippen molar-refractivity contribution in [3.05, 3.63) is 29.7 Å². The zero-order chi connectivity index (χ0) is 18.6. The molecule has 1 aromatic heterocycles. The van der Waals surface area contributed by atoms with Gasteiger partial charge in [-0.05, 0) is 58.2 Å². The summed E-state index contributed by atoms with van der Waals surface area (Å²) in [6.07, 6.45) is 3.52. The Hall–Kier alpha value is -2.24. The molecule has 1 fully saturated rings. The highest BCUT2D eigenvalue weighted by Gasteiger charge is 2.30. The van der Waals surface area contributed by atoms with Crippen molar-refractivity contribution in [3.8, 4) is 0 Å². The van der Waals surface area contributed by atoms with Gasteiger partial charge >= 0.3 is 6.09 Å². The largest absolute Gasteiger partial charge is 0.462 e. The van der Waals surface area contributed by atoms with Crippen molar-refractivity contribution < 1.29 is 18.7 Å².